The third kappa shape index (κ3) is 6.67. The molecule has 4 N–H and O–H groups in total. The number of carbonyl (C=O) groups is 2. The van der Waals surface area contributed by atoms with E-state index >= 15 is 0 Å². The Bertz CT molecular complexity index is 234. The standard InChI is InChI=1S/C9H18N2O2S2/c1-5(2)7(15-9(11)13)6(3)4-14-8(10)12/h5-7H,4H2,1-3H3,(H2,10,12)(H2,11,13). The molecule has 4 nitrogen and oxygen atoms in total. The molecule has 0 fully saturated rings. The number of rotatable bonds is 5. The molecule has 0 saturated carbocycles. The monoisotopic (exact) mass is 250 g/mol. The van der Waals surface area contributed by atoms with E-state index in [0.717, 1.165) is 23.5 Å². The average Bonchev–Trinajstić information content (AvgIpc) is 2.09. The van der Waals surface area contributed by atoms with E-state index in [1.165, 1.54) is 0 Å². The molecule has 0 aromatic rings. The second-order valence-electron chi connectivity index (χ2n) is 3.75. The number of amides is 2. The summed E-state index contributed by atoms with van der Waals surface area (Å²) >= 11 is 2.23. The van der Waals surface area contributed by atoms with Crippen LogP contribution < -0.4 is 11.5 Å². The number of hydrogen-bond acceptors (Lipinski definition) is 4. The van der Waals surface area contributed by atoms with Gasteiger partial charge in [-0.25, -0.2) is 0 Å². The van der Waals surface area contributed by atoms with E-state index in [0.29, 0.717) is 11.7 Å². The van der Waals surface area contributed by atoms with E-state index in [4.69, 9.17) is 11.5 Å². The van der Waals surface area contributed by atoms with Crippen LogP contribution in [0, 0.1) is 11.8 Å². The van der Waals surface area contributed by atoms with Crippen molar-refractivity contribution in [3.05, 3.63) is 0 Å². The summed E-state index contributed by atoms with van der Waals surface area (Å²) in [5, 5.41) is -0.618. The Morgan fingerprint density at radius 1 is 1.13 bits per heavy atom. The van der Waals surface area contributed by atoms with Crippen molar-refractivity contribution in [2.24, 2.45) is 23.3 Å². The highest BCUT2D eigenvalue weighted by molar-refractivity contribution is 8.14. The molecular weight excluding hydrogens is 232 g/mol. The largest absolute Gasteiger partial charge is 0.361 e. The first-order valence-corrected chi connectivity index (χ1v) is 6.59. The molecule has 0 rings (SSSR count). The lowest BCUT2D eigenvalue weighted by Gasteiger charge is -2.24. The Morgan fingerprint density at radius 2 is 1.67 bits per heavy atom. The van der Waals surface area contributed by atoms with E-state index in [-0.39, 0.29) is 21.6 Å². The van der Waals surface area contributed by atoms with Gasteiger partial charge >= 0.3 is 0 Å². The van der Waals surface area contributed by atoms with Gasteiger partial charge in [-0.05, 0) is 11.8 Å². The minimum absolute atomic E-state index is 0.134. The lowest BCUT2D eigenvalue weighted by atomic mass is 10.00. The molecule has 0 aromatic carbocycles. The van der Waals surface area contributed by atoms with Gasteiger partial charge in [0.05, 0.1) is 0 Å². The van der Waals surface area contributed by atoms with Crippen LogP contribution in [0.25, 0.3) is 0 Å². The highest BCUT2D eigenvalue weighted by atomic mass is 32.2. The van der Waals surface area contributed by atoms with Gasteiger partial charge in [0.25, 0.3) is 10.5 Å². The van der Waals surface area contributed by atoms with Crippen molar-refractivity contribution in [2.75, 3.05) is 5.75 Å². The van der Waals surface area contributed by atoms with E-state index in [1.54, 1.807) is 0 Å². The van der Waals surface area contributed by atoms with E-state index < -0.39 is 0 Å². The Balaban J connectivity index is 4.22. The Morgan fingerprint density at radius 3 is 2.00 bits per heavy atom. The van der Waals surface area contributed by atoms with Gasteiger partial charge < -0.3 is 11.5 Å². The molecule has 0 aliphatic heterocycles. The Labute approximate surface area is 98.9 Å². The van der Waals surface area contributed by atoms with Crippen LogP contribution in [0.4, 0.5) is 9.59 Å². The van der Waals surface area contributed by atoms with Crippen molar-refractivity contribution in [3.63, 3.8) is 0 Å². The Hall–Kier alpha value is -0.360. The van der Waals surface area contributed by atoms with Crippen molar-refractivity contribution >= 4 is 34.0 Å². The molecule has 0 aliphatic rings. The third-order valence-electron chi connectivity index (χ3n) is 1.96. The summed E-state index contributed by atoms with van der Waals surface area (Å²) in [6, 6.07) is 0. The molecule has 0 aliphatic carbocycles. The van der Waals surface area contributed by atoms with Gasteiger partial charge in [-0.1, -0.05) is 44.3 Å². The summed E-state index contributed by atoms with van der Waals surface area (Å²) in [7, 11) is 0. The van der Waals surface area contributed by atoms with Gasteiger partial charge in [-0.2, -0.15) is 0 Å². The molecule has 88 valence electrons. The van der Waals surface area contributed by atoms with Gasteiger partial charge in [0.15, 0.2) is 0 Å². The number of primary amides is 2. The number of thioether (sulfide) groups is 2. The first-order chi connectivity index (χ1) is 6.84. The minimum atomic E-state index is -0.381. The Kier molecular flexibility index (Phi) is 6.84. The van der Waals surface area contributed by atoms with E-state index in [2.05, 4.69) is 0 Å². The lowest BCUT2D eigenvalue weighted by molar-refractivity contribution is 0.266. The van der Waals surface area contributed by atoms with Crippen LogP contribution >= 0.6 is 23.5 Å². The van der Waals surface area contributed by atoms with Gasteiger partial charge in [0.2, 0.25) is 0 Å². The fourth-order valence-corrected chi connectivity index (χ4v) is 2.98. The van der Waals surface area contributed by atoms with Crippen LogP contribution in [0.15, 0.2) is 0 Å². The minimum Gasteiger partial charge on any atom is -0.361 e. The second kappa shape index (κ2) is 7.00. The van der Waals surface area contributed by atoms with Crippen molar-refractivity contribution in [2.45, 2.75) is 26.0 Å². The van der Waals surface area contributed by atoms with Crippen LogP contribution in [0.3, 0.4) is 0 Å². The number of nitrogens with two attached hydrogens (primary N) is 2. The van der Waals surface area contributed by atoms with Crippen molar-refractivity contribution in [1.82, 2.24) is 0 Å². The first kappa shape index (κ1) is 14.6. The van der Waals surface area contributed by atoms with Crippen molar-refractivity contribution < 1.29 is 9.59 Å². The molecule has 2 amide bonds. The predicted octanol–water partition coefficient (Wildman–Crippen LogP) is 2.27. The molecule has 2 atom stereocenters. The highest BCUT2D eigenvalue weighted by Crippen LogP contribution is 2.29. The van der Waals surface area contributed by atoms with Crippen LogP contribution in [-0.2, 0) is 0 Å². The van der Waals surface area contributed by atoms with E-state index in [1.807, 2.05) is 20.8 Å². The molecule has 0 heterocycles. The zero-order valence-electron chi connectivity index (χ0n) is 9.23. The SMILES string of the molecule is CC(C)C(SC(N)=O)C(C)CSC(N)=O. The fraction of sp³-hybridized carbons (Fsp3) is 0.778. The molecule has 0 radical (unpaired) electrons. The molecule has 0 spiro atoms. The van der Waals surface area contributed by atoms with Gasteiger partial charge in [-0.15, -0.1) is 0 Å². The number of hydrogen-bond donors (Lipinski definition) is 2. The van der Waals surface area contributed by atoms with Gasteiger partial charge in [0.1, 0.15) is 0 Å². The van der Waals surface area contributed by atoms with Crippen LogP contribution in [0.5, 0.6) is 0 Å². The van der Waals surface area contributed by atoms with Crippen LogP contribution in [0.1, 0.15) is 20.8 Å². The van der Waals surface area contributed by atoms with Crippen molar-refractivity contribution in [3.8, 4) is 0 Å². The van der Waals surface area contributed by atoms with Gasteiger partial charge in [0, 0.05) is 11.0 Å². The van der Waals surface area contributed by atoms with Crippen LogP contribution in [-0.4, -0.2) is 21.5 Å². The summed E-state index contributed by atoms with van der Waals surface area (Å²) in [6.07, 6.45) is 0. The summed E-state index contributed by atoms with van der Waals surface area (Å²) in [6.45, 7) is 6.06. The molecule has 15 heavy (non-hydrogen) atoms. The molecule has 6 heteroatoms. The van der Waals surface area contributed by atoms with E-state index in [9.17, 15) is 9.59 Å². The molecular formula is C9H18N2O2S2. The summed E-state index contributed by atoms with van der Waals surface area (Å²) in [4.78, 5) is 21.4. The summed E-state index contributed by atoms with van der Waals surface area (Å²) < 4.78 is 0. The number of carbonyl (C=O) groups excluding carboxylic acids is 2. The first-order valence-electron chi connectivity index (χ1n) is 4.73. The normalized spacial score (nSPS) is 14.9. The molecule has 2 unspecified atom stereocenters. The lowest BCUT2D eigenvalue weighted by Crippen LogP contribution is -2.26. The fourth-order valence-electron chi connectivity index (χ4n) is 1.35. The van der Waals surface area contributed by atoms with Gasteiger partial charge in [-0.3, -0.25) is 9.59 Å². The molecule has 0 aromatic heterocycles. The van der Waals surface area contributed by atoms with Crippen molar-refractivity contribution in [1.29, 1.82) is 0 Å². The van der Waals surface area contributed by atoms with Crippen LogP contribution in [0.2, 0.25) is 0 Å². The quantitative estimate of drug-likeness (QED) is 0.783. The maximum Gasteiger partial charge on any atom is 0.276 e. The predicted molar refractivity (Wildman–Crippen MR) is 67.0 cm³/mol. The summed E-state index contributed by atoms with van der Waals surface area (Å²) in [5.41, 5.74) is 10.2. The third-order valence-corrected chi connectivity index (χ3v) is 4.45. The highest BCUT2D eigenvalue weighted by Gasteiger charge is 2.24. The maximum atomic E-state index is 10.8. The molecule has 0 bridgehead atoms. The maximum absolute atomic E-state index is 10.8. The zero-order chi connectivity index (χ0) is 12.0. The average molecular weight is 250 g/mol. The second-order valence-corrected chi connectivity index (χ2v) is 5.96. The smallest absolute Gasteiger partial charge is 0.276 e. The zero-order valence-corrected chi connectivity index (χ0v) is 10.9. The molecule has 0 saturated heterocycles. The summed E-state index contributed by atoms with van der Waals surface area (Å²) in [5.74, 6) is 1.18. The topological polar surface area (TPSA) is 86.2 Å².